The molecule has 110 valence electrons. The van der Waals surface area contributed by atoms with E-state index in [-0.39, 0.29) is 0 Å². The molecule has 0 radical (unpaired) electrons. The van der Waals surface area contributed by atoms with Gasteiger partial charge in [-0.2, -0.15) is 0 Å². The van der Waals surface area contributed by atoms with Gasteiger partial charge in [-0.25, -0.2) is 4.98 Å². The number of aromatic nitrogens is 1. The SMILES string of the molecule is CCCNC(COCCOC)Cc1nc(C)c(C)s1. The van der Waals surface area contributed by atoms with Crippen molar-refractivity contribution in [2.45, 2.75) is 39.7 Å². The highest BCUT2D eigenvalue weighted by atomic mass is 32.1. The summed E-state index contributed by atoms with van der Waals surface area (Å²) in [6.07, 6.45) is 2.07. The number of nitrogens with one attached hydrogen (secondary N) is 1. The molecule has 0 aliphatic rings. The molecule has 0 aromatic carbocycles. The predicted octanol–water partition coefficient (Wildman–Crippen LogP) is 2.33. The first-order valence-electron chi connectivity index (χ1n) is 6.90. The van der Waals surface area contributed by atoms with E-state index in [2.05, 4.69) is 31.1 Å². The Morgan fingerprint density at radius 3 is 2.68 bits per heavy atom. The maximum atomic E-state index is 5.63. The Bertz CT molecular complexity index is 336. The van der Waals surface area contributed by atoms with Crippen LogP contribution in [0.1, 0.15) is 28.9 Å². The van der Waals surface area contributed by atoms with Crippen molar-refractivity contribution in [3.63, 3.8) is 0 Å². The van der Waals surface area contributed by atoms with Crippen LogP contribution in [0.4, 0.5) is 0 Å². The molecular weight excluding hydrogens is 260 g/mol. The average molecular weight is 286 g/mol. The van der Waals surface area contributed by atoms with Crippen LogP contribution in [-0.2, 0) is 15.9 Å². The van der Waals surface area contributed by atoms with Crippen molar-refractivity contribution < 1.29 is 9.47 Å². The van der Waals surface area contributed by atoms with Gasteiger partial charge in [-0.05, 0) is 26.8 Å². The Morgan fingerprint density at radius 1 is 1.32 bits per heavy atom. The van der Waals surface area contributed by atoms with Gasteiger partial charge in [0.25, 0.3) is 0 Å². The van der Waals surface area contributed by atoms with Gasteiger partial charge in [0.15, 0.2) is 0 Å². The number of rotatable bonds is 10. The van der Waals surface area contributed by atoms with Crippen molar-refractivity contribution in [2.75, 3.05) is 33.5 Å². The summed E-state index contributed by atoms with van der Waals surface area (Å²) in [5, 5.41) is 4.72. The molecule has 0 spiro atoms. The lowest BCUT2D eigenvalue weighted by Crippen LogP contribution is -2.36. The van der Waals surface area contributed by atoms with Crippen molar-refractivity contribution in [2.24, 2.45) is 0 Å². The molecule has 1 unspecified atom stereocenters. The highest BCUT2D eigenvalue weighted by Gasteiger charge is 2.12. The first kappa shape index (κ1) is 16.6. The van der Waals surface area contributed by atoms with E-state index in [9.17, 15) is 0 Å². The summed E-state index contributed by atoms with van der Waals surface area (Å²) in [6, 6.07) is 0.335. The molecule has 4 nitrogen and oxygen atoms in total. The monoisotopic (exact) mass is 286 g/mol. The Kier molecular flexibility index (Phi) is 8.21. The van der Waals surface area contributed by atoms with E-state index < -0.39 is 0 Å². The van der Waals surface area contributed by atoms with Gasteiger partial charge in [0.05, 0.1) is 30.5 Å². The van der Waals surface area contributed by atoms with E-state index >= 15 is 0 Å². The van der Waals surface area contributed by atoms with E-state index in [0.29, 0.717) is 25.9 Å². The molecule has 0 saturated carbocycles. The smallest absolute Gasteiger partial charge is 0.0947 e. The number of ether oxygens (including phenoxy) is 2. The average Bonchev–Trinajstić information content (AvgIpc) is 2.70. The van der Waals surface area contributed by atoms with Crippen LogP contribution < -0.4 is 5.32 Å². The number of thiazole rings is 1. The van der Waals surface area contributed by atoms with Crippen molar-refractivity contribution in [1.82, 2.24) is 10.3 Å². The molecule has 1 aromatic heterocycles. The summed E-state index contributed by atoms with van der Waals surface area (Å²) in [6.45, 7) is 9.39. The summed E-state index contributed by atoms with van der Waals surface area (Å²) in [5.41, 5.74) is 1.15. The molecule has 5 heteroatoms. The highest BCUT2D eigenvalue weighted by molar-refractivity contribution is 7.11. The van der Waals surface area contributed by atoms with Gasteiger partial charge in [-0.15, -0.1) is 11.3 Å². The fraction of sp³-hybridized carbons (Fsp3) is 0.786. The van der Waals surface area contributed by atoms with Crippen LogP contribution in [0.25, 0.3) is 0 Å². The molecule has 0 saturated heterocycles. The summed E-state index contributed by atoms with van der Waals surface area (Å²) in [5.74, 6) is 0. The standard InChI is InChI=1S/C14H26N2O2S/c1-5-6-15-13(10-18-8-7-17-4)9-14-16-11(2)12(3)19-14/h13,15H,5-10H2,1-4H3. The minimum absolute atomic E-state index is 0.335. The Balaban J connectivity index is 2.43. The lowest BCUT2D eigenvalue weighted by atomic mass is 10.2. The zero-order chi connectivity index (χ0) is 14.1. The lowest BCUT2D eigenvalue weighted by molar-refractivity contribution is 0.0587. The molecule has 0 amide bonds. The quantitative estimate of drug-likeness (QED) is 0.671. The molecule has 0 aliphatic carbocycles. The topological polar surface area (TPSA) is 43.4 Å². The molecular formula is C14H26N2O2S. The number of aryl methyl sites for hydroxylation is 2. The largest absolute Gasteiger partial charge is 0.382 e. The first-order valence-corrected chi connectivity index (χ1v) is 7.72. The number of hydrogen-bond donors (Lipinski definition) is 1. The van der Waals surface area contributed by atoms with Gasteiger partial charge >= 0.3 is 0 Å². The second-order valence-corrected chi connectivity index (χ2v) is 5.96. The maximum Gasteiger partial charge on any atom is 0.0947 e. The Morgan fingerprint density at radius 2 is 2.11 bits per heavy atom. The minimum Gasteiger partial charge on any atom is -0.382 e. The van der Waals surface area contributed by atoms with Crippen LogP contribution in [0.5, 0.6) is 0 Å². The number of methoxy groups -OCH3 is 1. The third-order valence-electron chi connectivity index (χ3n) is 2.93. The molecule has 1 heterocycles. The normalized spacial score (nSPS) is 12.8. The van der Waals surface area contributed by atoms with Crippen LogP contribution in [0, 0.1) is 13.8 Å². The molecule has 0 aliphatic heterocycles. The summed E-state index contributed by atoms with van der Waals surface area (Å²) >= 11 is 1.79. The molecule has 19 heavy (non-hydrogen) atoms. The van der Waals surface area contributed by atoms with E-state index in [0.717, 1.165) is 25.1 Å². The van der Waals surface area contributed by atoms with Gasteiger partial charge in [0, 0.05) is 24.4 Å². The van der Waals surface area contributed by atoms with Gasteiger partial charge < -0.3 is 14.8 Å². The van der Waals surface area contributed by atoms with Crippen molar-refractivity contribution in [3.8, 4) is 0 Å². The van der Waals surface area contributed by atoms with Crippen LogP contribution >= 0.6 is 11.3 Å². The fourth-order valence-corrected chi connectivity index (χ4v) is 2.76. The van der Waals surface area contributed by atoms with Crippen molar-refractivity contribution in [3.05, 3.63) is 15.6 Å². The molecule has 1 atom stereocenters. The predicted molar refractivity (Wildman–Crippen MR) is 80.1 cm³/mol. The molecule has 1 aromatic rings. The minimum atomic E-state index is 0.335. The third kappa shape index (κ3) is 6.47. The molecule has 1 rings (SSSR count). The molecule has 0 fully saturated rings. The van der Waals surface area contributed by atoms with Gasteiger partial charge in [0.2, 0.25) is 0 Å². The van der Waals surface area contributed by atoms with Gasteiger partial charge in [-0.1, -0.05) is 6.92 Å². The zero-order valence-corrected chi connectivity index (χ0v) is 13.3. The van der Waals surface area contributed by atoms with Gasteiger partial charge in [0.1, 0.15) is 0 Å². The van der Waals surface area contributed by atoms with E-state index in [1.165, 1.54) is 9.88 Å². The maximum absolute atomic E-state index is 5.63. The second kappa shape index (κ2) is 9.42. The summed E-state index contributed by atoms with van der Waals surface area (Å²) in [4.78, 5) is 5.91. The Labute approximate surface area is 120 Å². The third-order valence-corrected chi connectivity index (χ3v) is 4.02. The fourth-order valence-electron chi connectivity index (χ4n) is 1.74. The number of hydrogen-bond acceptors (Lipinski definition) is 5. The first-order chi connectivity index (χ1) is 9.17. The van der Waals surface area contributed by atoms with Crippen LogP contribution in [0.3, 0.4) is 0 Å². The van der Waals surface area contributed by atoms with Crippen molar-refractivity contribution in [1.29, 1.82) is 0 Å². The highest BCUT2D eigenvalue weighted by Crippen LogP contribution is 2.17. The number of nitrogens with zero attached hydrogens (tertiary/aromatic N) is 1. The summed E-state index contributed by atoms with van der Waals surface area (Å²) in [7, 11) is 1.69. The zero-order valence-electron chi connectivity index (χ0n) is 12.5. The van der Waals surface area contributed by atoms with E-state index in [4.69, 9.17) is 9.47 Å². The van der Waals surface area contributed by atoms with Gasteiger partial charge in [-0.3, -0.25) is 0 Å². The second-order valence-electron chi connectivity index (χ2n) is 4.67. The lowest BCUT2D eigenvalue weighted by Gasteiger charge is -2.17. The van der Waals surface area contributed by atoms with E-state index in [1.54, 1.807) is 18.4 Å². The molecule has 0 bridgehead atoms. The van der Waals surface area contributed by atoms with E-state index in [1.807, 2.05) is 0 Å². The molecule has 1 N–H and O–H groups in total. The summed E-state index contributed by atoms with van der Waals surface area (Å²) < 4.78 is 10.6. The Hall–Kier alpha value is -0.490. The van der Waals surface area contributed by atoms with Crippen LogP contribution in [0.15, 0.2) is 0 Å². The van der Waals surface area contributed by atoms with Crippen LogP contribution in [-0.4, -0.2) is 44.5 Å². The van der Waals surface area contributed by atoms with Crippen molar-refractivity contribution >= 4 is 11.3 Å². The van der Waals surface area contributed by atoms with Crippen LogP contribution in [0.2, 0.25) is 0 Å².